The highest BCUT2D eigenvalue weighted by Gasteiger charge is 2.24. The first-order chi connectivity index (χ1) is 14.1. The van der Waals surface area contributed by atoms with Crippen LogP contribution in [0.15, 0.2) is 48.5 Å². The normalized spacial score (nSPS) is 15.4. The summed E-state index contributed by atoms with van der Waals surface area (Å²) in [7, 11) is 1.51. The second kappa shape index (κ2) is 10.0. The first-order valence-electron chi connectivity index (χ1n) is 9.69. The van der Waals surface area contributed by atoms with Crippen LogP contribution < -0.4 is 15.4 Å². The van der Waals surface area contributed by atoms with E-state index in [0.29, 0.717) is 31.2 Å². The van der Waals surface area contributed by atoms with E-state index in [1.807, 2.05) is 6.92 Å². The lowest BCUT2D eigenvalue weighted by Gasteiger charge is -2.35. The number of benzene rings is 2. The van der Waals surface area contributed by atoms with Gasteiger partial charge >= 0.3 is 11.8 Å². The molecule has 1 saturated heterocycles. The molecule has 0 radical (unpaired) electrons. The van der Waals surface area contributed by atoms with Gasteiger partial charge in [-0.1, -0.05) is 42.0 Å². The van der Waals surface area contributed by atoms with Gasteiger partial charge in [0.25, 0.3) is 0 Å². The van der Waals surface area contributed by atoms with E-state index in [1.54, 1.807) is 24.3 Å². The number of ether oxygens (including phenoxy) is 2. The fraction of sp³-hybridized carbons (Fsp3) is 0.364. The lowest BCUT2D eigenvalue weighted by Crippen LogP contribution is -2.45. The van der Waals surface area contributed by atoms with Crippen molar-refractivity contribution in [3.05, 3.63) is 59.7 Å². The highest BCUT2D eigenvalue weighted by atomic mass is 16.5. The minimum atomic E-state index is -0.723. The molecule has 1 atom stereocenters. The zero-order valence-corrected chi connectivity index (χ0v) is 16.8. The number of carbonyl (C=O) groups is 2. The molecule has 7 heteroatoms. The molecule has 0 aromatic heterocycles. The number of amides is 2. The number of hydrogen-bond donors (Lipinski definition) is 2. The number of methoxy groups -OCH3 is 1. The van der Waals surface area contributed by atoms with Crippen LogP contribution in [0.25, 0.3) is 0 Å². The quantitative estimate of drug-likeness (QED) is 0.730. The molecule has 0 unspecified atom stereocenters. The van der Waals surface area contributed by atoms with Crippen LogP contribution in [-0.2, 0) is 14.3 Å². The summed E-state index contributed by atoms with van der Waals surface area (Å²) in [6.07, 6.45) is 0. The Hall–Kier alpha value is -2.90. The molecule has 2 amide bonds. The van der Waals surface area contributed by atoms with E-state index >= 15 is 0 Å². The minimum Gasteiger partial charge on any atom is -0.495 e. The van der Waals surface area contributed by atoms with Crippen LogP contribution in [-0.4, -0.2) is 56.7 Å². The average Bonchev–Trinajstić information content (AvgIpc) is 2.76. The van der Waals surface area contributed by atoms with Crippen molar-refractivity contribution in [1.82, 2.24) is 10.2 Å². The molecule has 0 aliphatic carbocycles. The summed E-state index contributed by atoms with van der Waals surface area (Å²) in [6.45, 7) is 5.25. The van der Waals surface area contributed by atoms with Crippen LogP contribution in [0.5, 0.6) is 5.75 Å². The highest BCUT2D eigenvalue weighted by molar-refractivity contribution is 6.39. The zero-order valence-electron chi connectivity index (χ0n) is 16.8. The van der Waals surface area contributed by atoms with Crippen molar-refractivity contribution in [2.45, 2.75) is 13.0 Å². The summed E-state index contributed by atoms with van der Waals surface area (Å²) in [5.74, 6) is -0.903. The molecule has 29 heavy (non-hydrogen) atoms. The highest BCUT2D eigenvalue weighted by Crippen LogP contribution is 2.23. The molecule has 2 aromatic rings. The molecule has 154 valence electrons. The number of carbonyl (C=O) groups excluding carboxylic acids is 2. The van der Waals surface area contributed by atoms with E-state index in [2.05, 4.69) is 39.8 Å². The summed E-state index contributed by atoms with van der Waals surface area (Å²) in [5, 5.41) is 5.38. The number of anilines is 1. The van der Waals surface area contributed by atoms with Crippen LogP contribution >= 0.6 is 0 Å². The van der Waals surface area contributed by atoms with Crippen molar-refractivity contribution in [2.75, 3.05) is 45.3 Å². The van der Waals surface area contributed by atoms with E-state index in [1.165, 1.54) is 12.7 Å². The lowest BCUT2D eigenvalue weighted by molar-refractivity contribution is -0.136. The number of para-hydroxylation sites is 2. The molecule has 0 saturated carbocycles. The predicted octanol–water partition coefficient (Wildman–Crippen LogP) is 2.13. The van der Waals surface area contributed by atoms with E-state index in [-0.39, 0.29) is 6.04 Å². The molecule has 3 rings (SSSR count). The van der Waals surface area contributed by atoms with Crippen molar-refractivity contribution in [3.63, 3.8) is 0 Å². The number of rotatable bonds is 6. The van der Waals surface area contributed by atoms with Gasteiger partial charge in [0, 0.05) is 19.6 Å². The Morgan fingerprint density at radius 1 is 1.07 bits per heavy atom. The fourth-order valence-corrected chi connectivity index (χ4v) is 3.33. The van der Waals surface area contributed by atoms with Gasteiger partial charge in [-0.2, -0.15) is 0 Å². The van der Waals surface area contributed by atoms with Gasteiger partial charge in [0.1, 0.15) is 5.75 Å². The monoisotopic (exact) mass is 397 g/mol. The third-order valence-electron chi connectivity index (χ3n) is 4.97. The van der Waals surface area contributed by atoms with Gasteiger partial charge in [0.2, 0.25) is 0 Å². The molecule has 1 aliphatic heterocycles. The first-order valence-corrected chi connectivity index (χ1v) is 9.69. The molecule has 0 spiro atoms. The molecule has 2 aromatic carbocycles. The van der Waals surface area contributed by atoms with Crippen LogP contribution in [0.1, 0.15) is 17.2 Å². The summed E-state index contributed by atoms with van der Waals surface area (Å²) in [6, 6.07) is 15.2. The summed E-state index contributed by atoms with van der Waals surface area (Å²) >= 11 is 0. The topological polar surface area (TPSA) is 79.9 Å². The van der Waals surface area contributed by atoms with Gasteiger partial charge < -0.3 is 20.1 Å². The van der Waals surface area contributed by atoms with Crippen molar-refractivity contribution in [2.24, 2.45) is 0 Å². The van der Waals surface area contributed by atoms with Gasteiger partial charge in [-0.15, -0.1) is 0 Å². The minimum absolute atomic E-state index is 0.0255. The van der Waals surface area contributed by atoms with Gasteiger partial charge in [0.05, 0.1) is 32.1 Å². The number of nitrogens with zero attached hydrogens (tertiary/aromatic N) is 1. The Labute approximate surface area is 171 Å². The zero-order chi connectivity index (χ0) is 20.6. The van der Waals surface area contributed by atoms with Gasteiger partial charge in [-0.3, -0.25) is 14.5 Å². The van der Waals surface area contributed by atoms with Crippen molar-refractivity contribution in [3.8, 4) is 5.75 Å². The average molecular weight is 397 g/mol. The van der Waals surface area contributed by atoms with Crippen LogP contribution in [0.4, 0.5) is 5.69 Å². The summed E-state index contributed by atoms with van der Waals surface area (Å²) < 4.78 is 10.7. The Morgan fingerprint density at radius 3 is 2.45 bits per heavy atom. The molecule has 1 aliphatic rings. The fourth-order valence-electron chi connectivity index (χ4n) is 3.33. The summed E-state index contributed by atoms with van der Waals surface area (Å²) in [5.41, 5.74) is 2.73. The molecule has 0 bridgehead atoms. The Bertz CT molecular complexity index is 832. The molecule has 7 nitrogen and oxygen atoms in total. The van der Waals surface area contributed by atoms with E-state index in [0.717, 1.165) is 18.7 Å². The molecule has 1 fully saturated rings. The van der Waals surface area contributed by atoms with Crippen molar-refractivity contribution in [1.29, 1.82) is 0 Å². The smallest absolute Gasteiger partial charge is 0.313 e. The predicted molar refractivity (Wildman–Crippen MR) is 111 cm³/mol. The van der Waals surface area contributed by atoms with Crippen LogP contribution in [0, 0.1) is 6.92 Å². The third kappa shape index (κ3) is 5.56. The van der Waals surface area contributed by atoms with Crippen LogP contribution in [0.3, 0.4) is 0 Å². The van der Waals surface area contributed by atoms with Gasteiger partial charge in [-0.25, -0.2) is 0 Å². The number of morpholine rings is 1. The maximum absolute atomic E-state index is 12.4. The molecule has 1 heterocycles. The Balaban J connectivity index is 1.65. The number of nitrogens with one attached hydrogen (secondary N) is 2. The Kier molecular flexibility index (Phi) is 7.21. The maximum Gasteiger partial charge on any atom is 0.313 e. The first kappa shape index (κ1) is 20.8. The van der Waals surface area contributed by atoms with E-state index < -0.39 is 11.8 Å². The van der Waals surface area contributed by atoms with Gasteiger partial charge in [-0.05, 0) is 24.6 Å². The van der Waals surface area contributed by atoms with Crippen LogP contribution in [0.2, 0.25) is 0 Å². The van der Waals surface area contributed by atoms with Crippen molar-refractivity contribution >= 4 is 17.5 Å². The standard InChI is InChI=1S/C22H27N3O4/c1-16-7-9-17(10-8-16)19(25-11-13-29-14-12-25)15-23-21(26)22(27)24-18-5-3-4-6-20(18)28-2/h3-10,19H,11-15H2,1-2H3,(H,23,26)(H,24,27)/t19-/m1/s1. The van der Waals surface area contributed by atoms with Crippen molar-refractivity contribution < 1.29 is 19.1 Å². The summed E-state index contributed by atoms with van der Waals surface area (Å²) in [4.78, 5) is 27.0. The third-order valence-corrected chi connectivity index (χ3v) is 4.97. The number of hydrogen-bond acceptors (Lipinski definition) is 5. The second-order valence-electron chi connectivity index (χ2n) is 6.94. The molecule has 2 N–H and O–H groups in total. The second-order valence-corrected chi connectivity index (χ2v) is 6.94. The van der Waals surface area contributed by atoms with E-state index in [4.69, 9.17) is 9.47 Å². The molecular weight excluding hydrogens is 370 g/mol. The van der Waals surface area contributed by atoms with Gasteiger partial charge in [0.15, 0.2) is 0 Å². The largest absolute Gasteiger partial charge is 0.495 e. The Morgan fingerprint density at radius 2 is 1.76 bits per heavy atom. The van der Waals surface area contributed by atoms with E-state index in [9.17, 15) is 9.59 Å². The molecular formula is C22H27N3O4. The SMILES string of the molecule is COc1ccccc1NC(=O)C(=O)NC[C@H](c1ccc(C)cc1)N1CCOCC1. The number of aryl methyl sites for hydroxylation is 1. The maximum atomic E-state index is 12.4. The lowest BCUT2D eigenvalue weighted by atomic mass is 10.0.